The summed E-state index contributed by atoms with van der Waals surface area (Å²) in [6.45, 7) is 0.0826. The number of hydrogen-bond acceptors (Lipinski definition) is 3. The molecule has 0 spiro atoms. The van der Waals surface area contributed by atoms with Gasteiger partial charge in [-0.2, -0.15) is 13.2 Å². The lowest BCUT2D eigenvalue weighted by Crippen LogP contribution is -2.23. The van der Waals surface area contributed by atoms with Crippen LogP contribution in [0.15, 0.2) is 91.0 Å². The van der Waals surface area contributed by atoms with Gasteiger partial charge in [0.15, 0.2) is 0 Å². The van der Waals surface area contributed by atoms with Crippen LogP contribution in [0.5, 0.6) is 11.5 Å². The molecule has 5 nitrogen and oxygen atoms in total. The Hall–Kier alpha value is -4.66. The quantitative estimate of drug-likeness (QED) is 0.265. The number of carbonyl (C=O) groups is 2. The molecule has 0 bridgehead atoms. The lowest BCUT2D eigenvalue weighted by molar-refractivity contribution is -0.137. The van der Waals surface area contributed by atoms with Crippen molar-refractivity contribution in [2.75, 3.05) is 0 Å². The van der Waals surface area contributed by atoms with Gasteiger partial charge in [-0.1, -0.05) is 30.3 Å². The van der Waals surface area contributed by atoms with Gasteiger partial charge in [0, 0.05) is 6.54 Å². The van der Waals surface area contributed by atoms with Crippen molar-refractivity contribution in [2.45, 2.75) is 12.7 Å². The lowest BCUT2D eigenvalue weighted by Gasteiger charge is -2.14. The van der Waals surface area contributed by atoms with Crippen LogP contribution >= 0.6 is 0 Å². The summed E-state index contributed by atoms with van der Waals surface area (Å²) in [4.78, 5) is 24.2. The summed E-state index contributed by atoms with van der Waals surface area (Å²) in [5.74, 6) is -1.63. The van der Waals surface area contributed by atoms with E-state index in [1.807, 2.05) is 0 Å². The zero-order chi connectivity index (χ0) is 26.6. The van der Waals surface area contributed by atoms with Crippen molar-refractivity contribution in [3.05, 3.63) is 119 Å². The van der Waals surface area contributed by atoms with E-state index in [0.717, 1.165) is 12.1 Å². The molecule has 37 heavy (non-hydrogen) atoms. The molecule has 9 heteroatoms. The van der Waals surface area contributed by atoms with Gasteiger partial charge >= 0.3 is 12.1 Å². The molecule has 0 aliphatic heterocycles. The van der Waals surface area contributed by atoms with Crippen molar-refractivity contribution in [2.24, 2.45) is 0 Å². The van der Waals surface area contributed by atoms with E-state index in [1.165, 1.54) is 60.7 Å². The summed E-state index contributed by atoms with van der Waals surface area (Å²) in [6, 6.07) is 20.3. The van der Waals surface area contributed by atoms with Crippen LogP contribution in [0.3, 0.4) is 0 Å². The Kier molecular flexibility index (Phi) is 7.24. The first-order valence-electron chi connectivity index (χ1n) is 11.0. The maximum atomic E-state index is 13.3. The fraction of sp³-hybridized carbons (Fsp3) is 0.0714. The van der Waals surface area contributed by atoms with Crippen LogP contribution in [0.2, 0.25) is 0 Å². The van der Waals surface area contributed by atoms with Crippen molar-refractivity contribution < 1.29 is 37.0 Å². The highest BCUT2D eigenvalue weighted by atomic mass is 19.4. The number of ether oxygens (including phenoxy) is 1. The number of rotatable bonds is 7. The fourth-order valence-corrected chi connectivity index (χ4v) is 3.50. The number of alkyl halides is 3. The normalized spacial score (nSPS) is 11.1. The Labute approximate surface area is 209 Å². The molecule has 188 valence electrons. The summed E-state index contributed by atoms with van der Waals surface area (Å²) in [6.07, 6.45) is -4.47. The van der Waals surface area contributed by atoms with Crippen LogP contribution in [0, 0.1) is 5.82 Å². The number of hydrogen-bond donors (Lipinski definition) is 2. The number of carboxylic acids is 1. The smallest absolute Gasteiger partial charge is 0.416 e. The SMILES string of the molecule is O=C(O)c1ccc(CNC(=O)c2cc(-c3ccc(C(F)(F)F)cc3)ccc2Oc2ccc(F)cc2)cc1. The van der Waals surface area contributed by atoms with Gasteiger partial charge in [0.2, 0.25) is 0 Å². The van der Waals surface area contributed by atoms with Gasteiger partial charge in [-0.3, -0.25) is 4.79 Å². The molecule has 4 rings (SSSR count). The third kappa shape index (κ3) is 6.32. The fourth-order valence-electron chi connectivity index (χ4n) is 3.50. The van der Waals surface area contributed by atoms with Crippen molar-refractivity contribution >= 4 is 11.9 Å². The average molecular weight is 509 g/mol. The van der Waals surface area contributed by atoms with Crippen LogP contribution < -0.4 is 10.1 Å². The van der Waals surface area contributed by atoms with Crippen LogP contribution in [-0.4, -0.2) is 17.0 Å². The van der Waals surface area contributed by atoms with Crippen molar-refractivity contribution in [3.8, 4) is 22.6 Å². The number of nitrogens with one attached hydrogen (secondary N) is 1. The molecular formula is C28H19F4NO4. The molecule has 0 saturated carbocycles. The van der Waals surface area contributed by atoms with E-state index >= 15 is 0 Å². The van der Waals surface area contributed by atoms with Crippen LogP contribution in [0.1, 0.15) is 31.8 Å². The first-order chi connectivity index (χ1) is 17.6. The zero-order valence-corrected chi connectivity index (χ0v) is 19.1. The van der Waals surface area contributed by atoms with Gasteiger partial charge in [0.25, 0.3) is 5.91 Å². The number of halogens is 4. The van der Waals surface area contributed by atoms with Crippen molar-refractivity contribution in [1.29, 1.82) is 0 Å². The second-order valence-electron chi connectivity index (χ2n) is 8.03. The Bertz CT molecular complexity index is 1420. The number of benzene rings is 4. The maximum absolute atomic E-state index is 13.3. The standard InChI is InChI=1S/C28H19F4NO4/c29-22-10-12-23(13-11-22)37-25-14-7-20(18-5-8-21(9-6-18)28(30,31)32)15-24(25)26(34)33-16-17-1-3-19(4-2-17)27(35)36/h1-15H,16H2,(H,33,34)(H,35,36). The number of carbonyl (C=O) groups excluding carboxylic acids is 1. The summed E-state index contributed by atoms with van der Waals surface area (Å²) < 4.78 is 57.9. The summed E-state index contributed by atoms with van der Waals surface area (Å²) in [5, 5.41) is 11.8. The number of carboxylic acid groups (broad SMARTS) is 1. The highest BCUT2D eigenvalue weighted by molar-refractivity contribution is 5.98. The Morgan fingerprint density at radius 3 is 2.03 bits per heavy atom. The molecule has 0 aliphatic rings. The molecule has 0 unspecified atom stereocenters. The minimum atomic E-state index is -4.47. The van der Waals surface area contributed by atoms with Crippen LogP contribution in [-0.2, 0) is 12.7 Å². The summed E-state index contributed by atoms with van der Waals surface area (Å²) >= 11 is 0. The highest BCUT2D eigenvalue weighted by Crippen LogP contribution is 2.33. The highest BCUT2D eigenvalue weighted by Gasteiger charge is 2.30. The molecule has 0 aromatic heterocycles. The second kappa shape index (κ2) is 10.5. The minimum Gasteiger partial charge on any atom is -0.478 e. The lowest BCUT2D eigenvalue weighted by atomic mass is 10.0. The molecule has 0 fully saturated rings. The largest absolute Gasteiger partial charge is 0.478 e. The predicted octanol–water partition coefficient (Wildman–Crippen LogP) is 6.93. The summed E-state index contributed by atoms with van der Waals surface area (Å²) in [5.41, 5.74) is 1.01. The molecular weight excluding hydrogens is 490 g/mol. The zero-order valence-electron chi connectivity index (χ0n) is 19.1. The first-order valence-corrected chi connectivity index (χ1v) is 11.0. The van der Waals surface area contributed by atoms with Gasteiger partial charge in [-0.15, -0.1) is 0 Å². The third-order valence-electron chi connectivity index (χ3n) is 5.47. The molecule has 0 radical (unpaired) electrons. The van der Waals surface area contributed by atoms with Gasteiger partial charge in [-0.05, 0) is 77.4 Å². The first kappa shape index (κ1) is 25.4. The number of amides is 1. The molecule has 4 aromatic carbocycles. The van der Waals surface area contributed by atoms with Gasteiger partial charge in [0.1, 0.15) is 17.3 Å². The third-order valence-corrected chi connectivity index (χ3v) is 5.47. The maximum Gasteiger partial charge on any atom is 0.416 e. The topological polar surface area (TPSA) is 75.6 Å². The van der Waals surface area contributed by atoms with Crippen molar-refractivity contribution in [3.63, 3.8) is 0 Å². The van der Waals surface area contributed by atoms with E-state index in [2.05, 4.69) is 5.32 Å². The molecule has 4 aromatic rings. The Balaban J connectivity index is 1.62. The minimum absolute atomic E-state index is 0.0826. The molecule has 0 saturated heterocycles. The van der Waals surface area contributed by atoms with Crippen LogP contribution in [0.4, 0.5) is 17.6 Å². The van der Waals surface area contributed by atoms with E-state index in [1.54, 1.807) is 18.2 Å². The Morgan fingerprint density at radius 1 is 0.811 bits per heavy atom. The van der Waals surface area contributed by atoms with Gasteiger partial charge < -0.3 is 15.2 Å². The van der Waals surface area contributed by atoms with E-state index in [0.29, 0.717) is 16.7 Å². The molecule has 0 atom stereocenters. The van der Waals surface area contributed by atoms with E-state index in [9.17, 15) is 27.2 Å². The molecule has 1 amide bonds. The van der Waals surface area contributed by atoms with E-state index < -0.39 is 29.4 Å². The second-order valence-corrected chi connectivity index (χ2v) is 8.03. The van der Waals surface area contributed by atoms with E-state index in [-0.39, 0.29) is 29.2 Å². The summed E-state index contributed by atoms with van der Waals surface area (Å²) in [7, 11) is 0. The molecule has 2 N–H and O–H groups in total. The van der Waals surface area contributed by atoms with Crippen LogP contribution in [0.25, 0.3) is 11.1 Å². The molecule has 0 heterocycles. The van der Waals surface area contributed by atoms with Gasteiger partial charge in [-0.25, -0.2) is 9.18 Å². The van der Waals surface area contributed by atoms with Crippen molar-refractivity contribution in [1.82, 2.24) is 5.32 Å². The predicted molar refractivity (Wildman–Crippen MR) is 128 cm³/mol. The Morgan fingerprint density at radius 2 is 1.43 bits per heavy atom. The monoisotopic (exact) mass is 509 g/mol. The van der Waals surface area contributed by atoms with Gasteiger partial charge in [0.05, 0.1) is 16.7 Å². The average Bonchev–Trinajstić information content (AvgIpc) is 2.88. The number of aromatic carboxylic acids is 1. The van der Waals surface area contributed by atoms with E-state index in [4.69, 9.17) is 9.84 Å². The molecule has 0 aliphatic carbocycles.